The maximum atomic E-state index is 12.1. The molecule has 1 aliphatic heterocycles. The average molecular weight is 363 g/mol. The van der Waals surface area contributed by atoms with E-state index in [-0.39, 0.29) is 42.3 Å². The number of nitrogens with zero attached hydrogens (tertiary/aromatic N) is 1. The van der Waals surface area contributed by atoms with Gasteiger partial charge in [-0.25, -0.2) is 14.4 Å². The molecule has 0 saturated heterocycles. The lowest BCUT2D eigenvalue weighted by molar-refractivity contribution is -0.385. The summed E-state index contributed by atoms with van der Waals surface area (Å²) in [5.41, 5.74) is 0.419. The Balaban J connectivity index is 2.16. The first-order valence-corrected chi connectivity index (χ1v) is 7.69. The predicted octanol–water partition coefficient (Wildman–Crippen LogP) is 1.19. The molecule has 0 fully saturated rings. The van der Waals surface area contributed by atoms with Crippen molar-refractivity contribution in [3.8, 4) is 0 Å². The topological polar surface area (TPSA) is 137 Å². The number of benzene rings is 1. The fraction of sp³-hybridized carbons (Fsp3) is 0.312. The van der Waals surface area contributed by atoms with Crippen molar-refractivity contribution in [2.24, 2.45) is 0 Å². The molecule has 1 heterocycles. The number of nitrogens with one attached hydrogen (secondary N) is 2. The van der Waals surface area contributed by atoms with Crippen molar-refractivity contribution in [2.45, 2.75) is 13.8 Å². The number of ether oxygens (including phenoxy) is 2. The number of amides is 2. The Morgan fingerprint density at radius 2 is 2.00 bits per heavy atom. The minimum Gasteiger partial charge on any atom is -0.463 e. The second-order valence-electron chi connectivity index (χ2n) is 5.32. The van der Waals surface area contributed by atoms with Crippen LogP contribution in [0.3, 0.4) is 0 Å². The standard InChI is InChI=1S/C16H17N3O7/c1-3-25-15(21)11-7-17-16(22)18-12(11)8-26-14(20)10-5-4-9(2)13(6-10)19(23)24/h4-6H,3,7-8H2,1-2H3,(H2,17,18,22). The van der Waals surface area contributed by atoms with Gasteiger partial charge >= 0.3 is 18.0 Å². The molecule has 2 amide bonds. The first kappa shape index (κ1) is 18.9. The lowest BCUT2D eigenvalue weighted by atomic mass is 10.1. The van der Waals surface area contributed by atoms with Crippen LogP contribution in [-0.2, 0) is 14.3 Å². The van der Waals surface area contributed by atoms with Crippen molar-refractivity contribution >= 4 is 23.7 Å². The second kappa shape index (κ2) is 8.10. The molecule has 26 heavy (non-hydrogen) atoms. The van der Waals surface area contributed by atoms with Gasteiger partial charge in [-0.3, -0.25) is 10.1 Å². The number of urea groups is 1. The number of rotatable bonds is 6. The zero-order valence-electron chi connectivity index (χ0n) is 14.2. The Morgan fingerprint density at radius 3 is 2.65 bits per heavy atom. The van der Waals surface area contributed by atoms with Crippen molar-refractivity contribution in [3.63, 3.8) is 0 Å². The molecule has 1 aromatic carbocycles. The molecule has 0 aromatic heterocycles. The summed E-state index contributed by atoms with van der Waals surface area (Å²) in [7, 11) is 0. The zero-order chi connectivity index (χ0) is 19.3. The third-order valence-corrected chi connectivity index (χ3v) is 3.57. The minimum absolute atomic E-state index is 0.0131. The fourth-order valence-corrected chi connectivity index (χ4v) is 2.22. The molecule has 0 unspecified atom stereocenters. The maximum absolute atomic E-state index is 12.1. The zero-order valence-corrected chi connectivity index (χ0v) is 14.2. The molecular formula is C16H17N3O7. The lowest BCUT2D eigenvalue weighted by Gasteiger charge is -2.21. The Labute approximate surface area is 148 Å². The first-order valence-electron chi connectivity index (χ1n) is 7.69. The van der Waals surface area contributed by atoms with E-state index in [9.17, 15) is 24.5 Å². The van der Waals surface area contributed by atoms with Gasteiger partial charge in [0.2, 0.25) is 0 Å². The summed E-state index contributed by atoms with van der Waals surface area (Å²) in [5, 5.41) is 15.8. The van der Waals surface area contributed by atoms with Gasteiger partial charge in [-0.15, -0.1) is 0 Å². The van der Waals surface area contributed by atoms with Gasteiger partial charge in [-0.1, -0.05) is 6.07 Å². The summed E-state index contributed by atoms with van der Waals surface area (Å²) < 4.78 is 9.97. The summed E-state index contributed by atoms with van der Waals surface area (Å²) in [6.45, 7) is 2.89. The smallest absolute Gasteiger partial charge is 0.338 e. The van der Waals surface area contributed by atoms with E-state index in [0.29, 0.717) is 5.56 Å². The molecule has 10 heteroatoms. The molecule has 0 bridgehead atoms. The Morgan fingerprint density at radius 1 is 1.27 bits per heavy atom. The van der Waals surface area contributed by atoms with E-state index >= 15 is 0 Å². The minimum atomic E-state index is -0.823. The van der Waals surface area contributed by atoms with E-state index in [0.717, 1.165) is 6.07 Å². The number of hydrogen-bond donors (Lipinski definition) is 2. The fourth-order valence-electron chi connectivity index (χ4n) is 2.22. The van der Waals surface area contributed by atoms with Crippen molar-refractivity contribution in [2.75, 3.05) is 19.8 Å². The van der Waals surface area contributed by atoms with Crippen LogP contribution in [0.15, 0.2) is 29.5 Å². The predicted molar refractivity (Wildman–Crippen MR) is 88.3 cm³/mol. The highest BCUT2D eigenvalue weighted by molar-refractivity contribution is 5.94. The molecule has 0 radical (unpaired) electrons. The number of carbonyl (C=O) groups excluding carboxylic acids is 3. The highest BCUT2D eigenvalue weighted by atomic mass is 16.6. The molecule has 138 valence electrons. The van der Waals surface area contributed by atoms with Gasteiger partial charge in [-0.05, 0) is 19.9 Å². The Bertz CT molecular complexity index is 801. The van der Waals surface area contributed by atoms with Crippen LogP contribution in [0.25, 0.3) is 0 Å². The van der Waals surface area contributed by atoms with Gasteiger partial charge in [0.1, 0.15) is 6.61 Å². The van der Waals surface area contributed by atoms with Gasteiger partial charge in [0.25, 0.3) is 5.69 Å². The summed E-state index contributed by atoms with van der Waals surface area (Å²) in [6, 6.07) is 3.39. The van der Waals surface area contributed by atoms with E-state index in [1.165, 1.54) is 12.1 Å². The van der Waals surface area contributed by atoms with E-state index in [4.69, 9.17) is 9.47 Å². The van der Waals surface area contributed by atoms with Crippen molar-refractivity contribution in [1.82, 2.24) is 10.6 Å². The van der Waals surface area contributed by atoms with Crippen molar-refractivity contribution in [3.05, 3.63) is 50.7 Å². The van der Waals surface area contributed by atoms with Crippen LogP contribution in [0.2, 0.25) is 0 Å². The van der Waals surface area contributed by atoms with Crippen molar-refractivity contribution in [1.29, 1.82) is 0 Å². The van der Waals surface area contributed by atoms with Crippen molar-refractivity contribution < 1.29 is 28.8 Å². The number of carbonyl (C=O) groups is 3. The number of nitro benzene ring substituents is 1. The van der Waals surface area contributed by atoms with Crippen LogP contribution >= 0.6 is 0 Å². The monoisotopic (exact) mass is 363 g/mol. The molecule has 1 aliphatic rings. The molecule has 10 nitrogen and oxygen atoms in total. The normalized spacial score (nSPS) is 13.5. The van der Waals surface area contributed by atoms with Crippen LogP contribution in [0.5, 0.6) is 0 Å². The quantitative estimate of drug-likeness (QED) is 0.440. The lowest BCUT2D eigenvalue weighted by Crippen LogP contribution is -2.45. The summed E-state index contributed by atoms with van der Waals surface area (Å²) in [6.07, 6.45) is 0. The van der Waals surface area contributed by atoms with Crippen LogP contribution in [0.1, 0.15) is 22.8 Å². The first-order chi connectivity index (χ1) is 12.3. The van der Waals surface area contributed by atoms with Crippen LogP contribution in [0.4, 0.5) is 10.5 Å². The number of esters is 2. The molecule has 0 spiro atoms. The number of hydrogen-bond acceptors (Lipinski definition) is 7. The van der Waals surface area contributed by atoms with Gasteiger partial charge in [0.15, 0.2) is 0 Å². The average Bonchev–Trinajstić information content (AvgIpc) is 2.60. The summed E-state index contributed by atoms with van der Waals surface area (Å²) in [5.74, 6) is -1.46. The largest absolute Gasteiger partial charge is 0.463 e. The van der Waals surface area contributed by atoms with Gasteiger partial charge < -0.3 is 20.1 Å². The molecule has 0 aliphatic carbocycles. The Hall–Kier alpha value is -3.43. The van der Waals surface area contributed by atoms with E-state index in [2.05, 4.69) is 10.6 Å². The highest BCUT2D eigenvalue weighted by Gasteiger charge is 2.25. The van der Waals surface area contributed by atoms with Crippen LogP contribution in [-0.4, -0.2) is 42.7 Å². The van der Waals surface area contributed by atoms with E-state index < -0.39 is 22.9 Å². The third-order valence-electron chi connectivity index (χ3n) is 3.57. The van der Waals surface area contributed by atoms with Gasteiger partial charge in [0.05, 0.1) is 34.9 Å². The number of nitro groups is 1. The maximum Gasteiger partial charge on any atom is 0.338 e. The molecule has 0 saturated carbocycles. The molecule has 2 N–H and O–H groups in total. The molecular weight excluding hydrogens is 346 g/mol. The number of aryl methyl sites for hydroxylation is 1. The molecule has 2 rings (SSSR count). The van der Waals surface area contributed by atoms with Gasteiger partial charge in [-0.2, -0.15) is 0 Å². The Kier molecular flexibility index (Phi) is 5.89. The second-order valence-corrected chi connectivity index (χ2v) is 5.32. The molecule has 1 aromatic rings. The van der Waals surface area contributed by atoms with Gasteiger partial charge in [0, 0.05) is 11.6 Å². The summed E-state index contributed by atoms with van der Waals surface area (Å²) >= 11 is 0. The summed E-state index contributed by atoms with van der Waals surface area (Å²) in [4.78, 5) is 45.9. The van der Waals surface area contributed by atoms with E-state index in [1.807, 2.05) is 0 Å². The third kappa shape index (κ3) is 4.35. The van der Waals surface area contributed by atoms with E-state index in [1.54, 1.807) is 13.8 Å². The SMILES string of the molecule is CCOC(=O)C1=C(COC(=O)c2ccc(C)c([N+](=O)[O-])c2)NC(=O)NC1. The van der Waals surface area contributed by atoms with Crippen LogP contribution < -0.4 is 10.6 Å². The molecule has 0 atom stereocenters. The van der Waals surface area contributed by atoms with Crippen LogP contribution in [0, 0.1) is 17.0 Å². The highest BCUT2D eigenvalue weighted by Crippen LogP contribution is 2.20.